The fourth-order valence-corrected chi connectivity index (χ4v) is 5.67. The Hall–Kier alpha value is -2.40. The Balaban J connectivity index is 1.36. The van der Waals surface area contributed by atoms with Crippen molar-refractivity contribution in [2.24, 2.45) is 11.8 Å². The van der Waals surface area contributed by atoms with E-state index in [2.05, 4.69) is 0 Å². The molecule has 3 fully saturated rings. The number of hydrogen-bond acceptors (Lipinski definition) is 3. The van der Waals surface area contributed by atoms with Crippen molar-refractivity contribution in [2.45, 2.75) is 37.2 Å². The van der Waals surface area contributed by atoms with Gasteiger partial charge in [-0.3, -0.25) is 4.79 Å². The SMILES string of the molecule is O=C(N1C[C@@H]2CC[C@H](Oc3ccccc3)[C@@H]2C1)C1(c2ccccc2F)CCOCC1. The molecular formula is C25H28FNO3. The van der Waals surface area contributed by atoms with Gasteiger partial charge in [0, 0.05) is 37.8 Å². The molecule has 30 heavy (non-hydrogen) atoms. The molecule has 5 heteroatoms. The van der Waals surface area contributed by atoms with Gasteiger partial charge >= 0.3 is 0 Å². The van der Waals surface area contributed by atoms with Gasteiger partial charge in [0.25, 0.3) is 0 Å². The highest BCUT2D eigenvalue weighted by atomic mass is 19.1. The van der Waals surface area contributed by atoms with Crippen molar-refractivity contribution < 1.29 is 18.7 Å². The van der Waals surface area contributed by atoms with E-state index in [4.69, 9.17) is 9.47 Å². The number of halogens is 1. The zero-order chi connectivity index (χ0) is 20.6. The van der Waals surface area contributed by atoms with E-state index in [-0.39, 0.29) is 17.8 Å². The van der Waals surface area contributed by atoms with Crippen molar-refractivity contribution in [3.63, 3.8) is 0 Å². The zero-order valence-corrected chi connectivity index (χ0v) is 17.1. The number of ether oxygens (including phenoxy) is 2. The molecule has 1 aliphatic carbocycles. The van der Waals surface area contributed by atoms with Crippen LogP contribution < -0.4 is 4.74 Å². The maximum atomic E-state index is 14.8. The third-order valence-corrected chi connectivity index (χ3v) is 7.25. The number of amides is 1. The van der Waals surface area contributed by atoms with E-state index in [1.165, 1.54) is 6.07 Å². The van der Waals surface area contributed by atoms with E-state index in [0.29, 0.717) is 50.0 Å². The number of rotatable bonds is 4. The number of carbonyl (C=O) groups is 1. The van der Waals surface area contributed by atoms with E-state index in [9.17, 15) is 9.18 Å². The lowest BCUT2D eigenvalue weighted by atomic mass is 9.72. The second kappa shape index (κ2) is 8.03. The average Bonchev–Trinajstić information content (AvgIpc) is 3.37. The van der Waals surface area contributed by atoms with Crippen LogP contribution >= 0.6 is 0 Å². The van der Waals surface area contributed by atoms with Crippen LogP contribution in [-0.2, 0) is 14.9 Å². The van der Waals surface area contributed by atoms with Gasteiger partial charge in [0.1, 0.15) is 17.7 Å². The predicted octanol–water partition coefficient (Wildman–Crippen LogP) is 4.19. The molecule has 1 amide bonds. The summed E-state index contributed by atoms with van der Waals surface area (Å²) in [5, 5.41) is 0. The van der Waals surface area contributed by atoms with Crippen molar-refractivity contribution in [3.8, 4) is 5.75 Å². The van der Waals surface area contributed by atoms with Gasteiger partial charge in [0.2, 0.25) is 5.91 Å². The van der Waals surface area contributed by atoms with Gasteiger partial charge in [-0.15, -0.1) is 0 Å². The van der Waals surface area contributed by atoms with E-state index in [1.807, 2.05) is 41.3 Å². The Morgan fingerprint density at radius 2 is 1.73 bits per heavy atom. The number of hydrogen-bond donors (Lipinski definition) is 0. The molecule has 0 N–H and O–H groups in total. The summed E-state index contributed by atoms with van der Waals surface area (Å²) >= 11 is 0. The fourth-order valence-electron chi connectivity index (χ4n) is 5.67. The second-order valence-electron chi connectivity index (χ2n) is 8.86. The molecule has 3 aliphatic rings. The lowest BCUT2D eigenvalue weighted by Gasteiger charge is -2.39. The second-order valence-corrected chi connectivity index (χ2v) is 8.86. The number of carbonyl (C=O) groups excluding carboxylic acids is 1. The summed E-state index contributed by atoms with van der Waals surface area (Å²) in [5.41, 5.74) is -0.301. The number of para-hydroxylation sites is 1. The quantitative estimate of drug-likeness (QED) is 0.760. The first-order valence-corrected chi connectivity index (χ1v) is 11.0. The van der Waals surface area contributed by atoms with Gasteiger partial charge in [-0.05, 0) is 49.8 Å². The molecule has 4 nitrogen and oxygen atoms in total. The highest BCUT2D eigenvalue weighted by Crippen LogP contribution is 2.44. The van der Waals surface area contributed by atoms with Crippen LogP contribution in [0.2, 0.25) is 0 Å². The van der Waals surface area contributed by atoms with E-state index in [1.54, 1.807) is 12.1 Å². The highest BCUT2D eigenvalue weighted by molar-refractivity contribution is 5.89. The molecule has 0 spiro atoms. The van der Waals surface area contributed by atoms with Crippen molar-refractivity contribution in [3.05, 3.63) is 66.0 Å². The molecule has 0 bridgehead atoms. The Labute approximate surface area is 177 Å². The summed E-state index contributed by atoms with van der Waals surface area (Å²) in [4.78, 5) is 15.8. The van der Waals surface area contributed by atoms with Gasteiger partial charge in [0.05, 0.1) is 5.41 Å². The molecule has 2 aromatic carbocycles. The van der Waals surface area contributed by atoms with Crippen molar-refractivity contribution in [1.82, 2.24) is 4.90 Å². The number of nitrogens with zero attached hydrogens (tertiary/aromatic N) is 1. The molecule has 0 unspecified atom stereocenters. The van der Waals surface area contributed by atoms with Crippen LogP contribution in [-0.4, -0.2) is 43.2 Å². The van der Waals surface area contributed by atoms with Crippen LogP contribution in [0.4, 0.5) is 4.39 Å². The minimum absolute atomic E-state index is 0.0590. The first-order chi connectivity index (χ1) is 14.7. The minimum Gasteiger partial charge on any atom is -0.490 e. The predicted molar refractivity (Wildman–Crippen MR) is 112 cm³/mol. The molecule has 2 aliphatic heterocycles. The molecular weight excluding hydrogens is 381 g/mol. The van der Waals surface area contributed by atoms with Gasteiger partial charge in [0.15, 0.2) is 0 Å². The summed E-state index contributed by atoms with van der Waals surface area (Å²) in [6.07, 6.45) is 3.29. The van der Waals surface area contributed by atoms with E-state index in [0.717, 1.165) is 25.1 Å². The largest absolute Gasteiger partial charge is 0.490 e. The molecule has 0 aromatic heterocycles. The van der Waals surface area contributed by atoms with Crippen LogP contribution in [0, 0.1) is 17.7 Å². The van der Waals surface area contributed by atoms with Crippen molar-refractivity contribution >= 4 is 5.91 Å². The van der Waals surface area contributed by atoms with Crippen LogP contribution in [0.15, 0.2) is 54.6 Å². The van der Waals surface area contributed by atoms with Crippen LogP contribution in [0.1, 0.15) is 31.2 Å². The van der Waals surface area contributed by atoms with Crippen LogP contribution in [0.3, 0.4) is 0 Å². The lowest BCUT2D eigenvalue weighted by Crippen LogP contribution is -2.50. The Morgan fingerprint density at radius 3 is 2.50 bits per heavy atom. The number of benzene rings is 2. The van der Waals surface area contributed by atoms with E-state index >= 15 is 0 Å². The fraction of sp³-hybridized carbons (Fsp3) is 0.480. The molecule has 5 rings (SSSR count). The maximum absolute atomic E-state index is 14.8. The van der Waals surface area contributed by atoms with Crippen LogP contribution in [0.5, 0.6) is 5.75 Å². The summed E-state index contributed by atoms with van der Waals surface area (Å²) in [6.45, 7) is 2.41. The van der Waals surface area contributed by atoms with Crippen molar-refractivity contribution in [2.75, 3.05) is 26.3 Å². The molecule has 2 saturated heterocycles. The van der Waals surface area contributed by atoms with Gasteiger partial charge in [-0.2, -0.15) is 0 Å². The Bertz CT molecular complexity index is 896. The van der Waals surface area contributed by atoms with Gasteiger partial charge < -0.3 is 14.4 Å². The van der Waals surface area contributed by atoms with Gasteiger partial charge in [-0.25, -0.2) is 4.39 Å². The first kappa shape index (κ1) is 19.6. The summed E-state index contributed by atoms with van der Waals surface area (Å²) in [5.74, 6) is 1.45. The normalized spacial score (nSPS) is 27.6. The minimum atomic E-state index is -0.821. The monoisotopic (exact) mass is 409 g/mol. The number of likely N-dealkylation sites (tertiary alicyclic amines) is 1. The smallest absolute Gasteiger partial charge is 0.233 e. The maximum Gasteiger partial charge on any atom is 0.233 e. The third-order valence-electron chi connectivity index (χ3n) is 7.25. The Kier molecular flexibility index (Phi) is 5.23. The van der Waals surface area contributed by atoms with E-state index < -0.39 is 5.41 Å². The zero-order valence-electron chi connectivity index (χ0n) is 17.1. The summed E-state index contributed by atoms with van der Waals surface area (Å²) < 4.78 is 26.6. The highest BCUT2D eigenvalue weighted by Gasteiger charge is 2.51. The Morgan fingerprint density at radius 1 is 1.00 bits per heavy atom. The first-order valence-electron chi connectivity index (χ1n) is 11.0. The molecule has 2 aromatic rings. The molecule has 3 atom stereocenters. The number of fused-ring (bicyclic) bond motifs is 1. The molecule has 0 radical (unpaired) electrons. The molecule has 1 saturated carbocycles. The summed E-state index contributed by atoms with van der Waals surface area (Å²) in [6, 6.07) is 16.7. The summed E-state index contributed by atoms with van der Waals surface area (Å²) in [7, 11) is 0. The lowest BCUT2D eigenvalue weighted by molar-refractivity contribution is -0.140. The van der Waals surface area contributed by atoms with Crippen LogP contribution in [0.25, 0.3) is 0 Å². The van der Waals surface area contributed by atoms with Gasteiger partial charge in [-0.1, -0.05) is 36.4 Å². The molecule has 158 valence electrons. The topological polar surface area (TPSA) is 38.8 Å². The molecule has 2 heterocycles. The third kappa shape index (κ3) is 3.39. The standard InChI is InChI=1S/C25H28FNO3/c26-22-9-5-4-8-21(22)25(12-14-29-15-13-25)24(28)27-16-18-10-11-23(20(18)17-27)30-19-6-2-1-3-7-19/h1-9,18,20,23H,10-17H2/t18-,20+,23-/m0/s1. The van der Waals surface area contributed by atoms with Crippen molar-refractivity contribution in [1.29, 1.82) is 0 Å². The average molecular weight is 410 g/mol.